The van der Waals surface area contributed by atoms with Gasteiger partial charge >= 0.3 is 0 Å². The molecule has 2 heteroatoms. The summed E-state index contributed by atoms with van der Waals surface area (Å²) in [7, 11) is 0. The third kappa shape index (κ3) is 1.61. The molecule has 1 N–H and O–H groups in total. The number of fused-ring (bicyclic) bond motifs is 1. The topological polar surface area (TPSA) is 12.0 Å². The number of halogens is 1. The first-order valence-electron chi connectivity index (χ1n) is 5.05. The summed E-state index contributed by atoms with van der Waals surface area (Å²) >= 11 is 0. The van der Waals surface area contributed by atoms with Crippen LogP contribution < -0.4 is 5.32 Å². The molecule has 1 aliphatic heterocycles. The second kappa shape index (κ2) is 2.97. The zero-order valence-corrected chi connectivity index (χ0v) is 8.89. The summed E-state index contributed by atoms with van der Waals surface area (Å²) in [5, 5.41) is 3.37. The van der Waals surface area contributed by atoms with E-state index in [2.05, 4.69) is 26.1 Å². The highest BCUT2D eigenvalue weighted by Crippen LogP contribution is 2.38. The quantitative estimate of drug-likeness (QED) is 0.664. The molecular formula is C12H16FN. The van der Waals surface area contributed by atoms with E-state index in [4.69, 9.17) is 0 Å². The second-order valence-corrected chi connectivity index (χ2v) is 4.85. The zero-order chi connectivity index (χ0) is 10.3. The summed E-state index contributed by atoms with van der Waals surface area (Å²) in [6.45, 7) is 6.49. The van der Waals surface area contributed by atoms with Crippen molar-refractivity contribution < 1.29 is 4.39 Å². The van der Waals surface area contributed by atoms with Gasteiger partial charge in [0.15, 0.2) is 0 Å². The van der Waals surface area contributed by atoms with Crippen LogP contribution in [-0.4, -0.2) is 5.54 Å². The number of benzene rings is 1. The van der Waals surface area contributed by atoms with E-state index in [1.54, 1.807) is 6.07 Å². The Bertz CT molecular complexity index is 357. The summed E-state index contributed by atoms with van der Waals surface area (Å²) in [6.07, 6.45) is 1.09. The van der Waals surface area contributed by atoms with Crippen molar-refractivity contribution in [1.82, 2.24) is 0 Å². The monoisotopic (exact) mass is 193 g/mol. The summed E-state index contributed by atoms with van der Waals surface area (Å²) in [5.41, 5.74) is 2.25. The minimum Gasteiger partial charge on any atom is -0.380 e. The molecule has 1 heterocycles. The Balaban J connectivity index is 2.46. The van der Waals surface area contributed by atoms with Crippen molar-refractivity contribution in [1.29, 1.82) is 0 Å². The molecule has 0 aromatic heterocycles. The van der Waals surface area contributed by atoms with Gasteiger partial charge in [0.05, 0.1) is 0 Å². The van der Waals surface area contributed by atoms with Crippen LogP contribution in [0.5, 0.6) is 0 Å². The van der Waals surface area contributed by atoms with E-state index in [0.29, 0.717) is 5.92 Å². The predicted octanol–water partition coefficient (Wildman–Crippen LogP) is 3.52. The highest BCUT2D eigenvalue weighted by atomic mass is 19.1. The molecule has 1 nitrogen and oxygen atoms in total. The van der Waals surface area contributed by atoms with Crippen LogP contribution in [0.15, 0.2) is 18.2 Å². The average molecular weight is 193 g/mol. The molecule has 76 valence electrons. The largest absolute Gasteiger partial charge is 0.380 e. The molecule has 0 amide bonds. The Labute approximate surface area is 84.3 Å². The molecule has 0 saturated heterocycles. The fraction of sp³-hybridized carbons (Fsp3) is 0.500. The smallest absolute Gasteiger partial charge is 0.125 e. The Morgan fingerprint density at radius 2 is 2.14 bits per heavy atom. The maximum Gasteiger partial charge on any atom is 0.125 e. The highest BCUT2D eigenvalue weighted by molar-refractivity contribution is 5.56. The molecule has 1 atom stereocenters. The van der Waals surface area contributed by atoms with Crippen LogP contribution in [0.1, 0.15) is 38.7 Å². The van der Waals surface area contributed by atoms with Gasteiger partial charge in [-0.3, -0.25) is 0 Å². The Hall–Kier alpha value is -1.05. The van der Waals surface area contributed by atoms with Gasteiger partial charge in [0, 0.05) is 11.2 Å². The van der Waals surface area contributed by atoms with Crippen molar-refractivity contribution >= 4 is 5.69 Å². The van der Waals surface area contributed by atoms with Gasteiger partial charge in [-0.05, 0) is 43.9 Å². The minimum atomic E-state index is -0.166. The lowest BCUT2D eigenvalue weighted by Crippen LogP contribution is -2.36. The fourth-order valence-electron chi connectivity index (χ4n) is 2.36. The van der Waals surface area contributed by atoms with Gasteiger partial charge in [-0.2, -0.15) is 0 Å². The van der Waals surface area contributed by atoms with E-state index in [1.807, 2.05) is 6.07 Å². The van der Waals surface area contributed by atoms with Gasteiger partial charge in [0.1, 0.15) is 5.82 Å². The number of anilines is 1. The van der Waals surface area contributed by atoms with Crippen LogP contribution in [0, 0.1) is 5.82 Å². The average Bonchev–Trinajstić information content (AvgIpc) is 2.00. The van der Waals surface area contributed by atoms with Gasteiger partial charge in [-0.25, -0.2) is 4.39 Å². The Kier molecular flexibility index (Phi) is 2.02. The minimum absolute atomic E-state index is 0.0697. The molecule has 0 spiro atoms. The van der Waals surface area contributed by atoms with Crippen LogP contribution in [0.2, 0.25) is 0 Å². The molecule has 1 aliphatic rings. The predicted molar refractivity (Wildman–Crippen MR) is 57.1 cm³/mol. The summed E-state index contributed by atoms with van der Waals surface area (Å²) in [5.74, 6) is 0.336. The lowest BCUT2D eigenvalue weighted by atomic mass is 9.82. The molecule has 2 rings (SSSR count). The molecule has 0 aliphatic carbocycles. The Morgan fingerprint density at radius 3 is 2.86 bits per heavy atom. The molecular weight excluding hydrogens is 177 g/mol. The molecule has 0 fully saturated rings. The SMILES string of the molecule is C[C@H]1CC(C)(C)Nc2cc(F)ccc21. The van der Waals surface area contributed by atoms with E-state index >= 15 is 0 Å². The van der Waals surface area contributed by atoms with E-state index in [0.717, 1.165) is 12.1 Å². The summed E-state index contributed by atoms with van der Waals surface area (Å²) in [4.78, 5) is 0. The van der Waals surface area contributed by atoms with Crippen molar-refractivity contribution in [2.75, 3.05) is 5.32 Å². The van der Waals surface area contributed by atoms with Crippen molar-refractivity contribution in [2.45, 2.75) is 38.6 Å². The molecule has 0 unspecified atom stereocenters. The van der Waals surface area contributed by atoms with Crippen LogP contribution in [0.25, 0.3) is 0 Å². The van der Waals surface area contributed by atoms with Crippen molar-refractivity contribution in [2.24, 2.45) is 0 Å². The molecule has 0 radical (unpaired) electrons. The third-order valence-corrected chi connectivity index (χ3v) is 2.84. The molecule has 1 aromatic carbocycles. The third-order valence-electron chi connectivity index (χ3n) is 2.84. The van der Waals surface area contributed by atoms with Gasteiger partial charge in [-0.1, -0.05) is 13.0 Å². The number of rotatable bonds is 0. The summed E-state index contributed by atoms with van der Waals surface area (Å²) in [6, 6.07) is 5.01. The fourth-order valence-corrected chi connectivity index (χ4v) is 2.36. The van der Waals surface area contributed by atoms with Crippen LogP contribution >= 0.6 is 0 Å². The van der Waals surface area contributed by atoms with Crippen molar-refractivity contribution in [3.63, 3.8) is 0 Å². The molecule has 0 bridgehead atoms. The second-order valence-electron chi connectivity index (χ2n) is 4.85. The molecule has 14 heavy (non-hydrogen) atoms. The maximum atomic E-state index is 13.0. The van der Waals surface area contributed by atoms with Gasteiger partial charge in [-0.15, -0.1) is 0 Å². The van der Waals surface area contributed by atoms with Crippen LogP contribution in [-0.2, 0) is 0 Å². The van der Waals surface area contributed by atoms with Gasteiger partial charge in [0.25, 0.3) is 0 Å². The van der Waals surface area contributed by atoms with Crippen molar-refractivity contribution in [3.8, 4) is 0 Å². The maximum absolute atomic E-state index is 13.0. The highest BCUT2D eigenvalue weighted by Gasteiger charge is 2.28. The van der Waals surface area contributed by atoms with Crippen LogP contribution in [0.4, 0.5) is 10.1 Å². The van der Waals surface area contributed by atoms with Crippen LogP contribution in [0.3, 0.4) is 0 Å². The summed E-state index contributed by atoms with van der Waals surface area (Å²) < 4.78 is 13.0. The first kappa shape index (κ1) is 9.50. The lowest BCUT2D eigenvalue weighted by molar-refractivity contribution is 0.453. The standard InChI is InChI=1S/C12H16FN/c1-8-7-12(2,3)14-11-6-9(13)4-5-10(8)11/h4-6,8,14H,7H2,1-3H3/t8-/m0/s1. The molecule has 0 saturated carbocycles. The number of nitrogens with one attached hydrogen (secondary N) is 1. The van der Waals surface area contributed by atoms with E-state index in [9.17, 15) is 4.39 Å². The van der Waals surface area contributed by atoms with E-state index in [-0.39, 0.29) is 11.4 Å². The first-order chi connectivity index (χ1) is 6.48. The van der Waals surface area contributed by atoms with E-state index < -0.39 is 0 Å². The van der Waals surface area contributed by atoms with Gasteiger partial charge in [0.2, 0.25) is 0 Å². The van der Waals surface area contributed by atoms with E-state index in [1.165, 1.54) is 11.6 Å². The Morgan fingerprint density at radius 1 is 1.43 bits per heavy atom. The zero-order valence-electron chi connectivity index (χ0n) is 8.89. The molecule has 1 aromatic rings. The lowest BCUT2D eigenvalue weighted by Gasteiger charge is -2.37. The number of hydrogen-bond acceptors (Lipinski definition) is 1. The van der Waals surface area contributed by atoms with Crippen molar-refractivity contribution in [3.05, 3.63) is 29.6 Å². The van der Waals surface area contributed by atoms with Gasteiger partial charge < -0.3 is 5.32 Å². The number of hydrogen-bond donors (Lipinski definition) is 1. The normalized spacial score (nSPS) is 23.9. The first-order valence-corrected chi connectivity index (χ1v) is 5.05.